The first-order valence-electron chi connectivity index (χ1n) is 5.96. The van der Waals surface area contributed by atoms with Crippen molar-refractivity contribution in [3.8, 4) is 11.8 Å². The second kappa shape index (κ2) is 6.99. The lowest BCUT2D eigenvalue weighted by Crippen LogP contribution is -2.37. The van der Waals surface area contributed by atoms with Crippen molar-refractivity contribution in [3.05, 3.63) is 6.07 Å². The Morgan fingerprint density at radius 3 is 2.15 bits per heavy atom. The average Bonchev–Trinajstić information content (AvgIpc) is 2.37. The Kier molecular flexibility index (Phi) is 5.63. The van der Waals surface area contributed by atoms with Crippen LogP contribution >= 0.6 is 12.2 Å². The number of nitrogens with zero attached hydrogens (tertiary/aromatic N) is 2. The van der Waals surface area contributed by atoms with Crippen molar-refractivity contribution in [2.24, 2.45) is 17.6 Å². The molecule has 0 saturated heterocycles. The number of ether oxygens (including phenoxy) is 2. The molecule has 1 rings (SSSR count). The molecule has 0 aromatic carbocycles. The predicted octanol–water partition coefficient (Wildman–Crippen LogP) is 0.991. The number of aromatic nitrogens is 2. The molecular weight excluding hydrogens is 280 g/mol. The average molecular weight is 298 g/mol. The highest BCUT2D eigenvalue weighted by molar-refractivity contribution is 7.80. The smallest absolute Gasteiger partial charge is 0.236 e. The van der Waals surface area contributed by atoms with Crippen LogP contribution in [0.4, 0.5) is 5.95 Å². The normalized spacial score (nSPS) is 11.8. The van der Waals surface area contributed by atoms with E-state index in [9.17, 15) is 4.79 Å². The first kappa shape index (κ1) is 16.1. The number of amides is 1. The molecule has 0 fully saturated rings. The standard InChI is InChI=1S/C12H18N4O3S/c1-6(2)9(10(13)20)11(17)16-12-14-7(18-3)5-8(15-12)19-4/h5-6,9H,1-4H3,(H2,13,20)(H,14,15,16,17). The summed E-state index contributed by atoms with van der Waals surface area (Å²) in [5.74, 6) is -0.339. The molecule has 110 valence electrons. The monoisotopic (exact) mass is 298 g/mol. The maximum absolute atomic E-state index is 12.2. The van der Waals surface area contributed by atoms with E-state index in [-0.39, 0.29) is 34.5 Å². The third kappa shape index (κ3) is 4.02. The lowest BCUT2D eigenvalue weighted by atomic mass is 9.95. The predicted molar refractivity (Wildman–Crippen MR) is 78.9 cm³/mol. The fourth-order valence-corrected chi connectivity index (χ4v) is 2.00. The summed E-state index contributed by atoms with van der Waals surface area (Å²) in [5, 5.41) is 2.57. The summed E-state index contributed by atoms with van der Waals surface area (Å²) in [5.41, 5.74) is 5.58. The van der Waals surface area contributed by atoms with Crippen LogP contribution in [-0.2, 0) is 4.79 Å². The Labute approximate surface area is 122 Å². The van der Waals surface area contributed by atoms with Crippen molar-refractivity contribution in [2.75, 3.05) is 19.5 Å². The third-order valence-electron chi connectivity index (χ3n) is 2.59. The Balaban J connectivity index is 2.97. The molecule has 3 N–H and O–H groups in total. The molecule has 1 atom stereocenters. The molecule has 1 heterocycles. The Hall–Kier alpha value is -1.96. The van der Waals surface area contributed by atoms with Gasteiger partial charge in [0.1, 0.15) is 0 Å². The quantitative estimate of drug-likeness (QED) is 0.755. The number of anilines is 1. The van der Waals surface area contributed by atoms with Crippen LogP contribution in [0.15, 0.2) is 6.07 Å². The van der Waals surface area contributed by atoms with Gasteiger partial charge in [-0.2, -0.15) is 9.97 Å². The molecule has 0 aliphatic heterocycles. The number of carbonyl (C=O) groups excluding carboxylic acids is 1. The molecular formula is C12H18N4O3S. The lowest BCUT2D eigenvalue weighted by molar-refractivity contribution is -0.118. The van der Waals surface area contributed by atoms with E-state index >= 15 is 0 Å². The van der Waals surface area contributed by atoms with Crippen LogP contribution in [0.3, 0.4) is 0 Å². The molecule has 0 bridgehead atoms. The highest BCUT2D eigenvalue weighted by Crippen LogP contribution is 2.19. The highest BCUT2D eigenvalue weighted by Gasteiger charge is 2.26. The van der Waals surface area contributed by atoms with E-state index in [4.69, 9.17) is 27.4 Å². The van der Waals surface area contributed by atoms with E-state index in [1.54, 1.807) is 0 Å². The third-order valence-corrected chi connectivity index (χ3v) is 2.84. The maximum atomic E-state index is 12.2. The first-order valence-corrected chi connectivity index (χ1v) is 6.37. The summed E-state index contributed by atoms with van der Waals surface area (Å²) in [4.78, 5) is 20.3. The van der Waals surface area contributed by atoms with Gasteiger partial charge < -0.3 is 15.2 Å². The van der Waals surface area contributed by atoms with Gasteiger partial charge in [-0.25, -0.2) is 0 Å². The summed E-state index contributed by atoms with van der Waals surface area (Å²) in [6.45, 7) is 3.72. The van der Waals surface area contributed by atoms with Gasteiger partial charge in [0, 0.05) is 0 Å². The van der Waals surface area contributed by atoms with E-state index < -0.39 is 5.92 Å². The summed E-state index contributed by atoms with van der Waals surface area (Å²) in [7, 11) is 2.92. The van der Waals surface area contributed by atoms with Gasteiger partial charge in [-0.05, 0) is 5.92 Å². The van der Waals surface area contributed by atoms with Crippen molar-refractivity contribution in [3.63, 3.8) is 0 Å². The number of carbonyl (C=O) groups is 1. The second-order valence-corrected chi connectivity index (χ2v) is 4.86. The van der Waals surface area contributed by atoms with Gasteiger partial charge in [0.15, 0.2) is 0 Å². The van der Waals surface area contributed by atoms with Gasteiger partial charge in [-0.1, -0.05) is 26.1 Å². The molecule has 0 radical (unpaired) electrons. The SMILES string of the molecule is COc1cc(OC)nc(NC(=O)C(C(N)=S)C(C)C)n1. The molecule has 7 nitrogen and oxygen atoms in total. The maximum Gasteiger partial charge on any atom is 0.236 e. The van der Waals surface area contributed by atoms with Crippen molar-refractivity contribution in [1.29, 1.82) is 0 Å². The molecule has 1 aromatic rings. The largest absolute Gasteiger partial charge is 0.481 e. The minimum absolute atomic E-state index is 0.0278. The zero-order chi connectivity index (χ0) is 15.3. The summed E-state index contributed by atoms with van der Waals surface area (Å²) in [6, 6.07) is 1.50. The van der Waals surface area contributed by atoms with Crippen molar-refractivity contribution >= 4 is 29.1 Å². The number of hydrogen-bond donors (Lipinski definition) is 2. The molecule has 0 aliphatic rings. The van der Waals surface area contributed by atoms with Crippen LogP contribution < -0.4 is 20.5 Å². The van der Waals surface area contributed by atoms with Crippen LogP contribution in [0.2, 0.25) is 0 Å². The van der Waals surface area contributed by atoms with Crippen molar-refractivity contribution < 1.29 is 14.3 Å². The Bertz CT molecular complexity index is 485. The topological polar surface area (TPSA) is 99.4 Å². The fourth-order valence-electron chi connectivity index (χ4n) is 1.62. The number of thiocarbonyl (C=S) groups is 1. The van der Waals surface area contributed by atoms with Crippen molar-refractivity contribution in [2.45, 2.75) is 13.8 Å². The summed E-state index contributed by atoms with van der Waals surface area (Å²) >= 11 is 4.91. The molecule has 0 aliphatic carbocycles. The number of hydrogen-bond acceptors (Lipinski definition) is 6. The molecule has 1 amide bonds. The van der Waals surface area contributed by atoms with Gasteiger partial charge in [0.25, 0.3) is 0 Å². The number of methoxy groups -OCH3 is 2. The van der Waals surface area contributed by atoms with Gasteiger partial charge >= 0.3 is 0 Å². The van der Waals surface area contributed by atoms with Gasteiger partial charge in [0.2, 0.25) is 23.6 Å². The van der Waals surface area contributed by atoms with Crippen LogP contribution in [-0.4, -0.2) is 35.1 Å². The van der Waals surface area contributed by atoms with E-state index in [0.717, 1.165) is 0 Å². The zero-order valence-corrected chi connectivity index (χ0v) is 12.7. The zero-order valence-electron chi connectivity index (χ0n) is 11.8. The van der Waals surface area contributed by atoms with Crippen LogP contribution in [0.1, 0.15) is 13.8 Å². The highest BCUT2D eigenvalue weighted by atomic mass is 32.1. The summed E-state index contributed by atoms with van der Waals surface area (Å²) in [6.07, 6.45) is 0. The van der Waals surface area contributed by atoms with Crippen LogP contribution in [0.25, 0.3) is 0 Å². The van der Waals surface area contributed by atoms with Crippen LogP contribution in [0.5, 0.6) is 11.8 Å². The number of nitrogens with one attached hydrogen (secondary N) is 1. The lowest BCUT2D eigenvalue weighted by Gasteiger charge is -2.18. The molecule has 0 spiro atoms. The molecule has 0 saturated carbocycles. The Morgan fingerprint density at radius 2 is 1.80 bits per heavy atom. The van der Waals surface area contributed by atoms with Gasteiger partial charge in [0.05, 0.1) is 31.2 Å². The number of nitrogens with two attached hydrogens (primary N) is 1. The molecule has 8 heteroatoms. The first-order chi connectivity index (χ1) is 9.38. The van der Waals surface area contributed by atoms with Crippen LogP contribution in [0, 0.1) is 11.8 Å². The van der Waals surface area contributed by atoms with Gasteiger partial charge in [-0.15, -0.1) is 0 Å². The number of rotatable bonds is 6. The minimum atomic E-state index is -0.592. The van der Waals surface area contributed by atoms with Gasteiger partial charge in [-0.3, -0.25) is 10.1 Å². The fraction of sp³-hybridized carbons (Fsp3) is 0.500. The molecule has 1 unspecified atom stereocenters. The molecule has 1 aromatic heterocycles. The molecule has 20 heavy (non-hydrogen) atoms. The summed E-state index contributed by atoms with van der Waals surface area (Å²) < 4.78 is 10.0. The van der Waals surface area contributed by atoms with E-state index in [1.165, 1.54) is 20.3 Å². The minimum Gasteiger partial charge on any atom is -0.481 e. The second-order valence-electron chi connectivity index (χ2n) is 4.39. The van der Waals surface area contributed by atoms with E-state index in [1.807, 2.05) is 13.8 Å². The Morgan fingerprint density at radius 1 is 1.30 bits per heavy atom. The van der Waals surface area contributed by atoms with E-state index in [0.29, 0.717) is 0 Å². The van der Waals surface area contributed by atoms with E-state index in [2.05, 4.69) is 15.3 Å². The van der Waals surface area contributed by atoms with Crippen molar-refractivity contribution in [1.82, 2.24) is 9.97 Å².